The summed E-state index contributed by atoms with van der Waals surface area (Å²) in [6.45, 7) is 9.81. The molecule has 1 aromatic rings. The summed E-state index contributed by atoms with van der Waals surface area (Å²) in [6, 6.07) is 4.92. The topological polar surface area (TPSA) is 84.9 Å². The van der Waals surface area contributed by atoms with E-state index in [-0.39, 0.29) is 17.8 Å². The highest BCUT2D eigenvalue weighted by atomic mass is 32.2. The lowest BCUT2D eigenvalue weighted by Gasteiger charge is -2.29. The molecule has 1 N–H and O–H groups in total. The number of nitrogens with one attached hydrogen (secondary N) is 1. The summed E-state index contributed by atoms with van der Waals surface area (Å²) in [5.41, 5.74) is 0.756. The van der Waals surface area contributed by atoms with Gasteiger partial charge in [-0.15, -0.1) is 0 Å². The van der Waals surface area contributed by atoms with Crippen LogP contribution in [-0.2, 0) is 16.7 Å². The number of benzene rings is 1. The molecule has 0 aromatic heterocycles. The average molecular weight is 387 g/mol. The molecular formula is C18H30N2O5S. The maximum absolute atomic E-state index is 12.3. The first-order valence-electron chi connectivity index (χ1n) is 8.80. The maximum Gasteiger partial charge on any atom is 0.317 e. The lowest BCUT2D eigenvalue weighted by atomic mass is 10.1. The van der Waals surface area contributed by atoms with Crippen LogP contribution in [0.3, 0.4) is 0 Å². The van der Waals surface area contributed by atoms with Crippen LogP contribution in [0.4, 0.5) is 4.79 Å². The van der Waals surface area contributed by atoms with E-state index in [0.717, 1.165) is 12.0 Å². The van der Waals surface area contributed by atoms with E-state index in [1.165, 1.54) is 7.11 Å². The predicted molar refractivity (Wildman–Crippen MR) is 102 cm³/mol. The van der Waals surface area contributed by atoms with Crippen LogP contribution >= 0.6 is 0 Å². The van der Waals surface area contributed by atoms with E-state index < -0.39 is 15.4 Å². The lowest BCUT2D eigenvalue weighted by Crippen LogP contribution is -2.44. The Bertz CT molecular complexity index is 704. The Labute approximate surface area is 156 Å². The van der Waals surface area contributed by atoms with E-state index in [1.54, 1.807) is 36.9 Å². The predicted octanol–water partition coefficient (Wildman–Crippen LogP) is 3.14. The molecule has 0 saturated heterocycles. The van der Waals surface area contributed by atoms with Crippen molar-refractivity contribution in [3.63, 3.8) is 0 Å². The van der Waals surface area contributed by atoms with Crippen molar-refractivity contribution in [1.82, 2.24) is 10.2 Å². The molecule has 0 spiro atoms. The number of carbonyl (C=O) groups excluding carboxylic acids is 1. The number of hydrogen-bond donors (Lipinski definition) is 1. The van der Waals surface area contributed by atoms with E-state index in [0.29, 0.717) is 18.8 Å². The average Bonchev–Trinajstić information content (AvgIpc) is 2.58. The summed E-state index contributed by atoms with van der Waals surface area (Å²) in [7, 11) is -2.30. The van der Waals surface area contributed by atoms with Crippen molar-refractivity contribution >= 4 is 16.1 Å². The van der Waals surface area contributed by atoms with Crippen LogP contribution in [0.5, 0.6) is 11.5 Å². The zero-order valence-electron chi connectivity index (χ0n) is 16.4. The number of carbonyl (C=O) groups is 1. The van der Waals surface area contributed by atoms with Gasteiger partial charge in [0.1, 0.15) is 0 Å². The van der Waals surface area contributed by atoms with Crippen molar-refractivity contribution < 1.29 is 22.1 Å². The molecular weight excluding hydrogens is 356 g/mol. The highest BCUT2D eigenvalue weighted by Gasteiger charge is 2.23. The third-order valence-electron chi connectivity index (χ3n) is 4.08. The van der Waals surface area contributed by atoms with Crippen LogP contribution in [0.25, 0.3) is 0 Å². The van der Waals surface area contributed by atoms with Gasteiger partial charge in [-0.05, 0) is 51.8 Å². The molecule has 0 bridgehead atoms. The summed E-state index contributed by atoms with van der Waals surface area (Å²) in [5.74, 6) is 0.449. The van der Waals surface area contributed by atoms with Crippen LogP contribution < -0.4 is 14.2 Å². The minimum Gasteiger partial charge on any atom is -0.493 e. The Morgan fingerprint density at radius 2 is 1.85 bits per heavy atom. The van der Waals surface area contributed by atoms with Crippen LogP contribution in [0.1, 0.15) is 46.6 Å². The number of urea groups is 1. The quantitative estimate of drug-likeness (QED) is 0.659. The van der Waals surface area contributed by atoms with Gasteiger partial charge in [0.05, 0.1) is 12.4 Å². The fraction of sp³-hybridized carbons (Fsp3) is 0.611. The molecule has 0 radical (unpaired) electrons. The zero-order valence-corrected chi connectivity index (χ0v) is 17.2. The van der Waals surface area contributed by atoms with Gasteiger partial charge in [-0.25, -0.2) is 4.79 Å². The van der Waals surface area contributed by atoms with Crippen molar-refractivity contribution in [3.8, 4) is 11.5 Å². The Hall–Kier alpha value is -1.96. The fourth-order valence-electron chi connectivity index (χ4n) is 2.20. The smallest absolute Gasteiger partial charge is 0.317 e. The molecule has 0 saturated carbocycles. The molecule has 1 rings (SSSR count). The van der Waals surface area contributed by atoms with Gasteiger partial charge in [-0.1, -0.05) is 13.0 Å². The van der Waals surface area contributed by atoms with Crippen molar-refractivity contribution in [1.29, 1.82) is 0 Å². The Balaban J connectivity index is 3.16. The molecule has 2 amide bonds. The van der Waals surface area contributed by atoms with Crippen molar-refractivity contribution in [2.24, 2.45) is 0 Å². The molecule has 0 unspecified atom stereocenters. The number of hydrogen-bond acceptors (Lipinski definition) is 5. The van der Waals surface area contributed by atoms with Gasteiger partial charge in [0.2, 0.25) is 0 Å². The second-order valence-corrected chi connectivity index (χ2v) is 8.43. The summed E-state index contributed by atoms with van der Waals surface area (Å²) < 4.78 is 34.6. The van der Waals surface area contributed by atoms with Crippen LogP contribution in [0.2, 0.25) is 0 Å². The number of methoxy groups -OCH3 is 1. The van der Waals surface area contributed by atoms with Crippen LogP contribution in [0, 0.1) is 0 Å². The molecule has 7 nitrogen and oxygen atoms in total. The standard InChI is InChI=1S/C18H30N2O5S/c1-7-14(5)20(18(21)19-8-2)12-15-9-10-16(24-6)17(11-15)25-26(22,23)13(3)4/h9-11,13-14H,7-8,12H2,1-6H3,(H,19,21)/t14-/m1/s1. The van der Waals surface area contributed by atoms with E-state index in [2.05, 4.69) is 5.32 Å². The molecule has 26 heavy (non-hydrogen) atoms. The Morgan fingerprint density at radius 3 is 2.35 bits per heavy atom. The highest BCUT2D eigenvalue weighted by Crippen LogP contribution is 2.30. The zero-order chi connectivity index (χ0) is 19.9. The summed E-state index contributed by atoms with van der Waals surface area (Å²) in [5, 5.41) is 2.13. The van der Waals surface area contributed by atoms with Crippen molar-refractivity contribution in [3.05, 3.63) is 23.8 Å². The first-order chi connectivity index (χ1) is 12.2. The molecule has 0 fully saturated rings. The highest BCUT2D eigenvalue weighted by molar-refractivity contribution is 7.87. The van der Waals surface area contributed by atoms with Gasteiger partial charge in [-0.2, -0.15) is 8.42 Å². The molecule has 0 heterocycles. The first kappa shape index (κ1) is 22.1. The van der Waals surface area contributed by atoms with E-state index >= 15 is 0 Å². The maximum atomic E-state index is 12.3. The van der Waals surface area contributed by atoms with Gasteiger partial charge in [0, 0.05) is 19.1 Å². The molecule has 8 heteroatoms. The normalized spacial score (nSPS) is 12.6. The molecule has 148 valence electrons. The summed E-state index contributed by atoms with van der Waals surface area (Å²) >= 11 is 0. The van der Waals surface area contributed by atoms with Crippen LogP contribution in [-0.4, -0.2) is 44.3 Å². The third kappa shape index (κ3) is 5.79. The number of ether oxygens (including phenoxy) is 1. The van der Waals surface area contributed by atoms with E-state index in [4.69, 9.17) is 8.92 Å². The minimum absolute atomic E-state index is 0.0346. The van der Waals surface area contributed by atoms with Gasteiger partial charge < -0.3 is 19.1 Å². The van der Waals surface area contributed by atoms with Gasteiger partial charge >= 0.3 is 16.1 Å². The summed E-state index contributed by atoms with van der Waals surface area (Å²) in [4.78, 5) is 14.1. The van der Waals surface area contributed by atoms with E-state index in [9.17, 15) is 13.2 Å². The first-order valence-corrected chi connectivity index (χ1v) is 10.3. The van der Waals surface area contributed by atoms with Gasteiger partial charge in [-0.3, -0.25) is 0 Å². The monoisotopic (exact) mass is 386 g/mol. The van der Waals surface area contributed by atoms with Crippen molar-refractivity contribution in [2.45, 2.75) is 58.9 Å². The Kier molecular flexibility index (Phi) is 8.20. The molecule has 0 aliphatic heterocycles. The van der Waals surface area contributed by atoms with Crippen molar-refractivity contribution in [2.75, 3.05) is 13.7 Å². The third-order valence-corrected chi connectivity index (χ3v) is 5.64. The SMILES string of the molecule is CCNC(=O)N(Cc1ccc(OC)c(OS(=O)(=O)C(C)C)c1)[C@H](C)CC. The molecule has 0 aliphatic rings. The molecule has 1 atom stereocenters. The number of nitrogens with zero attached hydrogens (tertiary/aromatic N) is 1. The Morgan fingerprint density at radius 1 is 1.19 bits per heavy atom. The van der Waals surface area contributed by atoms with Gasteiger partial charge in [0.25, 0.3) is 0 Å². The number of rotatable bonds is 9. The fourth-order valence-corrected chi connectivity index (χ4v) is 2.78. The largest absolute Gasteiger partial charge is 0.493 e. The van der Waals surface area contributed by atoms with Crippen LogP contribution in [0.15, 0.2) is 18.2 Å². The summed E-state index contributed by atoms with van der Waals surface area (Å²) in [6.07, 6.45) is 0.804. The lowest BCUT2D eigenvalue weighted by molar-refractivity contribution is 0.174. The second-order valence-electron chi connectivity index (χ2n) is 6.33. The van der Waals surface area contributed by atoms with Gasteiger partial charge in [0.15, 0.2) is 11.5 Å². The second kappa shape index (κ2) is 9.66. The minimum atomic E-state index is -3.75. The molecule has 0 aliphatic carbocycles. The number of amides is 2. The molecule has 1 aromatic carbocycles. The van der Waals surface area contributed by atoms with E-state index in [1.807, 2.05) is 20.8 Å².